The Bertz CT molecular complexity index is 415. The van der Waals surface area contributed by atoms with E-state index < -0.39 is 0 Å². The van der Waals surface area contributed by atoms with E-state index in [1.807, 2.05) is 13.8 Å². The monoisotopic (exact) mass is 272 g/mol. The standard InChI is InChI=1S/C12H20N2O3S/c1-6-17-11(15)9-8(2)14-18-10(9)13-12(3,4)7-16-5/h13H,6-7H2,1-5H3. The zero-order valence-electron chi connectivity index (χ0n) is 11.5. The average molecular weight is 272 g/mol. The largest absolute Gasteiger partial charge is 0.462 e. The lowest BCUT2D eigenvalue weighted by Gasteiger charge is -2.25. The summed E-state index contributed by atoms with van der Waals surface area (Å²) < 4.78 is 14.4. The molecule has 0 saturated heterocycles. The van der Waals surface area contributed by atoms with Gasteiger partial charge in [0.1, 0.15) is 10.6 Å². The van der Waals surface area contributed by atoms with E-state index in [2.05, 4.69) is 9.69 Å². The van der Waals surface area contributed by atoms with E-state index in [0.717, 1.165) is 5.00 Å². The van der Waals surface area contributed by atoms with Gasteiger partial charge in [0.2, 0.25) is 0 Å². The van der Waals surface area contributed by atoms with Crippen LogP contribution in [-0.4, -0.2) is 36.2 Å². The van der Waals surface area contributed by atoms with E-state index >= 15 is 0 Å². The van der Waals surface area contributed by atoms with Crippen LogP contribution in [0.4, 0.5) is 5.00 Å². The molecule has 18 heavy (non-hydrogen) atoms. The number of methoxy groups -OCH3 is 1. The summed E-state index contributed by atoms with van der Waals surface area (Å²) in [7, 11) is 1.65. The second-order valence-electron chi connectivity index (χ2n) is 4.63. The van der Waals surface area contributed by atoms with Crippen LogP contribution >= 0.6 is 11.5 Å². The summed E-state index contributed by atoms with van der Waals surface area (Å²) in [5, 5.41) is 4.01. The van der Waals surface area contributed by atoms with Gasteiger partial charge < -0.3 is 14.8 Å². The van der Waals surface area contributed by atoms with Crippen molar-refractivity contribution in [2.45, 2.75) is 33.2 Å². The number of anilines is 1. The van der Waals surface area contributed by atoms with E-state index in [9.17, 15) is 4.79 Å². The topological polar surface area (TPSA) is 60.5 Å². The van der Waals surface area contributed by atoms with Crippen molar-refractivity contribution in [2.24, 2.45) is 0 Å². The minimum Gasteiger partial charge on any atom is -0.462 e. The van der Waals surface area contributed by atoms with Gasteiger partial charge in [-0.25, -0.2) is 4.79 Å². The zero-order chi connectivity index (χ0) is 13.8. The van der Waals surface area contributed by atoms with Gasteiger partial charge in [0.25, 0.3) is 0 Å². The molecule has 1 aromatic rings. The van der Waals surface area contributed by atoms with Gasteiger partial charge in [-0.15, -0.1) is 0 Å². The second-order valence-corrected chi connectivity index (χ2v) is 5.41. The molecule has 0 unspecified atom stereocenters. The predicted molar refractivity (Wildman–Crippen MR) is 72.4 cm³/mol. The lowest BCUT2D eigenvalue weighted by atomic mass is 10.1. The Labute approximate surface area is 112 Å². The van der Waals surface area contributed by atoms with Crippen LogP contribution in [0.2, 0.25) is 0 Å². The van der Waals surface area contributed by atoms with Crippen molar-refractivity contribution in [3.63, 3.8) is 0 Å². The third-order valence-electron chi connectivity index (χ3n) is 2.30. The number of hydrogen-bond donors (Lipinski definition) is 1. The van der Waals surface area contributed by atoms with Gasteiger partial charge in [-0.2, -0.15) is 4.37 Å². The summed E-state index contributed by atoms with van der Waals surface area (Å²) in [6.07, 6.45) is 0. The number of aryl methyl sites for hydroxylation is 1. The molecule has 1 rings (SSSR count). The molecule has 1 aromatic heterocycles. The normalized spacial score (nSPS) is 11.4. The lowest BCUT2D eigenvalue weighted by molar-refractivity contribution is 0.0526. The Morgan fingerprint density at radius 3 is 2.72 bits per heavy atom. The predicted octanol–water partition coefficient (Wildman–Crippen LogP) is 2.47. The van der Waals surface area contributed by atoms with Crippen molar-refractivity contribution >= 4 is 22.5 Å². The highest BCUT2D eigenvalue weighted by Crippen LogP contribution is 2.28. The van der Waals surface area contributed by atoms with E-state index in [1.54, 1.807) is 21.0 Å². The minimum absolute atomic E-state index is 0.269. The molecule has 0 aliphatic rings. The molecule has 0 spiro atoms. The Hall–Kier alpha value is -1.14. The Balaban J connectivity index is 2.93. The van der Waals surface area contributed by atoms with Gasteiger partial charge in [-0.1, -0.05) is 0 Å². The minimum atomic E-state index is -0.334. The lowest BCUT2D eigenvalue weighted by Crippen LogP contribution is -2.36. The number of hydrogen-bond acceptors (Lipinski definition) is 6. The summed E-state index contributed by atoms with van der Waals surface area (Å²) in [5.74, 6) is -0.334. The first-order valence-corrected chi connectivity index (χ1v) is 6.59. The number of carbonyl (C=O) groups is 1. The molecule has 0 aliphatic heterocycles. The van der Waals surface area contributed by atoms with Crippen LogP contribution in [0.15, 0.2) is 0 Å². The molecule has 1 N–H and O–H groups in total. The summed E-state index contributed by atoms with van der Waals surface area (Å²) in [6, 6.07) is 0. The molecule has 0 aliphatic carbocycles. The molecule has 0 saturated carbocycles. The van der Waals surface area contributed by atoms with Crippen molar-refractivity contribution in [1.82, 2.24) is 4.37 Å². The van der Waals surface area contributed by atoms with Crippen molar-refractivity contribution in [2.75, 3.05) is 25.6 Å². The highest BCUT2D eigenvalue weighted by Gasteiger charge is 2.25. The van der Waals surface area contributed by atoms with Crippen LogP contribution in [0.5, 0.6) is 0 Å². The number of nitrogens with one attached hydrogen (secondary N) is 1. The molecule has 1 heterocycles. The number of nitrogens with zero attached hydrogens (tertiary/aromatic N) is 1. The van der Waals surface area contributed by atoms with Gasteiger partial charge in [0, 0.05) is 7.11 Å². The molecule has 0 fully saturated rings. The summed E-state index contributed by atoms with van der Waals surface area (Å²) >= 11 is 1.27. The first-order valence-electron chi connectivity index (χ1n) is 5.81. The van der Waals surface area contributed by atoms with Crippen LogP contribution in [0.3, 0.4) is 0 Å². The van der Waals surface area contributed by atoms with Crippen LogP contribution in [0.25, 0.3) is 0 Å². The second kappa shape index (κ2) is 6.15. The molecule has 102 valence electrons. The van der Waals surface area contributed by atoms with E-state index in [4.69, 9.17) is 9.47 Å². The molecular weight excluding hydrogens is 252 g/mol. The maximum absolute atomic E-state index is 11.9. The van der Waals surface area contributed by atoms with Gasteiger partial charge in [-0.05, 0) is 39.2 Å². The van der Waals surface area contributed by atoms with Crippen molar-refractivity contribution in [1.29, 1.82) is 0 Å². The van der Waals surface area contributed by atoms with E-state index in [-0.39, 0.29) is 11.5 Å². The Morgan fingerprint density at radius 2 is 2.17 bits per heavy atom. The first-order chi connectivity index (χ1) is 8.41. The zero-order valence-corrected chi connectivity index (χ0v) is 12.3. The van der Waals surface area contributed by atoms with Crippen LogP contribution in [-0.2, 0) is 9.47 Å². The fraction of sp³-hybridized carbons (Fsp3) is 0.667. The molecule has 0 amide bonds. The van der Waals surface area contributed by atoms with Gasteiger partial charge in [-0.3, -0.25) is 0 Å². The smallest absolute Gasteiger partial charge is 0.343 e. The Morgan fingerprint density at radius 1 is 1.50 bits per heavy atom. The molecular formula is C12H20N2O3S. The highest BCUT2D eigenvalue weighted by molar-refractivity contribution is 7.10. The Kier molecular flexibility index (Phi) is 5.10. The number of aromatic nitrogens is 1. The fourth-order valence-electron chi connectivity index (χ4n) is 1.60. The fourth-order valence-corrected chi connectivity index (χ4v) is 2.57. The summed E-state index contributed by atoms with van der Waals surface area (Å²) in [5.41, 5.74) is 0.940. The number of esters is 1. The third-order valence-corrected chi connectivity index (χ3v) is 3.15. The van der Waals surface area contributed by atoms with Crippen molar-refractivity contribution < 1.29 is 14.3 Å². The molecule has 6 heteroatoms. The first kappa shape index (κ1) is 14.9. The third kappa shape index (κ3) is 3.68. The van der Waals surface area contributed by atoms with Gasteiger partial charge >= 0.3 is 5.97 Å². The summed E-state index contributed by atoms with van der Waals surface area (Å²) in [6.45, 7) is 8.48. The SMILES string of the molecule is CCOC(=O)c1c(C)nsc1NC(C)(C)COC. The van der Waals surface area contributed by atoms with E-state index in [1.165, 1.54) is 11.5 Å². The number of ether oxygens (including phenoxy) is 2. The number of carbonyl (C=O) groups excluding carboxylic acids is 1. The number of rotatable bonds is 6. The van der Waals surface area contributed by atoms with Crippen molar-refractivity contribution in [3.8, 4) is 0 Å². The van der Waals surface area contributed by atoms with Gasteiger partial charge in [0.15, 0.2) is 0 Å². The van der Waals surface area contributed by atoms with Crippen molar-refractivity contribution in [3.05, 3.63) is 11.3 Å². The van der Waals surface area contributed by atoms with Crippen LogP contribution < -0.4 is 5.32 Å². The van der Waals surface area contributed by atoms with Crippen LogP contribution in [0, 0.1) is 6.92 Å². The van der Waals surface area contributed by atoms with E-state index in [0.29, 0.717) is 24.5 Å². The highest BCUT2D eigenvalue weighted by atomic mass is 32.1. The molecule has 0 aromatic carbocycles. The maximum Gasteiger partial charge on any atom is 0.343 e. The molecule has 5 nitrogen and oxygen atoms in total. The average Bonchev–Trinajstić information content (AvgIpc) is 2.59. The molecule has 0 radical (unpaired) electrons. The maximum atomic E-state index is 11.9. The molecule has 0 bridgehead atoms. The summed E-state index contributed by atoms with van der Waals surface area (Å²) in [4.78, 5) is 11.9. The van der Waals surface area contributed by atoms with Crippen LogP contribution in [0.1, 0.15) is 36.8 Å². The quantitative estimate of drug-likeness (QED) is 0.806. The van der Waals surface area contributed by atoms with Gasteiger partial charge in [0.05, 0.1) is 24.4 Å². The molecule has 0 atom stereocenters.